The van der Waals surface area contributed by atoms with Gasteiger partial charge in [0.1, 0.15) is 5.60 Å². The van der Waals surface area contributed by atoms with Crippen LogP contribution in [0.15, 0.2) is 28.7 Å². The lowest BCUT2D eigenvalue weighted by Gasteiger charge is -2.20. The molecule has 0 radical (unpaired) electrons. The van der Waals surface area contributed by atoms with Crippen molar-refractivity contribution in [2.75, 3.05) is 13.2 Å². The van der Waals surface area contributed by atoms with Gasteiger partial charge in [0.05, 0.1) is 19.8 Å². The van der Waals surface area contributed by atoms with Crippen LogP contribution in [0.1, 0.15) is 12.5 Å². The van der Waals surface area contributed by atoms with E-state index < -0.39 is 5.60 Å². The van der Waals surface area contributed by atoms with Gasteiger partial charge in [-0.1, -0.05) is 34.1 Å². The van der Waals surface area contributed by atoms with Gasteiger partial charge in [-0.3, -0.25) is 0 Å². The van der Waals surface area contributed by atoms with Gasteiger partial charge in [-0.15, -0.1) is 0 Å². The van der Waals surface area contributed by atoms with E-state index in [9.17, 15) is 5.11 Å². The second kappa shape index (κ2) is 5.61. The molecule has 0 unspecified atom stereocenters. The molecule has 15 heavy (non-hydrogen) atoms. The Hall–Kier alpha value is -0.420. The van der Waals surface area contributed by atoms with Crippen LogP contribution < -0.4 is 0 Å². The third-order valence-electron chi connectivity index (χ3n) is 1.97. The highest BCUT2D eigenvalue weighted by molar-refractivity contribution is 9.10. The first kappa shape index (κ1) is 12.6. The summed E-state index contributed by atoms with van der Waals surface area (Å²) in [7, 11) is 0. The van der Waals surface area contributed by atoms with Crippen LogP contribution in [0.5, 0.6) is 0 Å². The molecule has 0 fully saturated rings. The minimum atomic E-state index is -1.17. The molecule has 0 heterocycles. The van der Waals surface area contributed by atoms with Gasteiger partial charge in [-0.05, 0) is 18.6 Å². The first-order valence-corrected chi connectivity index (χ1v) is 5.49. The molecule has 0 bridgehead atoms. The Labute approximate surface area is 97.8 Å². The van der Waals surface area contributed by atoms with Crippen LogP contribution in [0.25, 0.3) is 0 Å². The molecule has 2 N–H and O–H groups in total. The molecule has 1 atom stereocenters. The molecule has 0 saturated heterocycles. The number of hydrogen-bond donors (Lipinski definition) is 2. The van der Waals surface area contributed by atoms with Crippen LogP contribution in [-0.2, 0) is 11.3 Å². The standard InChI is InChI=1S/C11H15BrO3/c1-11(14,7-13)8-15-6-9-4-2-3-5-10(9)12/h2-5,13-14H,6-8H2,1H3/t11-/m1/s1. The van der Waals surface area contributed by atoms with Crippen LogP contribution in [0.3, 0.4) is 0 Å². The monoisotopic (exact) mass is 274 g/mol. The first-order valence-electron chi connectivity index (χ1n) is 4.69. The largest absolute Gasteiger partial charge is 0.393 e. The second-order valence-electron chi connectivity index (χ2n) is 3.74. The van der Waals surface area contributed by atoms with Crippen molar-refractivity contribution >= 4 is 15.9 Å². The lowest BCUT2D eigenvalue weighted by molar-refractivity contribution is -0.0695. The van der Waals surface area contributed by atoms with Crippen molar-refractivity contribution < 1.29 is 14.9 Å². The highest BCUT2D eigenvalue weighted by atomic mass is 79.9. The van der Waals surface area contributed by atoms with E-state index in [1.165, 1.54) is 6.92 Å². The van der Waals surface area contributed by atoms with E-state index in [-0.39, 0.29) is 13.2 Å². The Morgan fingerprint density at radius 1 is 1.40 bits per heavy atom. The van der Waals surface area contributed by atoms with Gasteiger partial charge in [-0.25, -0.2) is 0 Å². The molecule has 3 nitrogen and oxygen atoms in total. The zero-order chi connectivity index (χ0) is 11.3. The molecule has 0 aliphatic carbocycles. The summed E-state index contributed by atoms with van der Waals surface area (Å²) < 4.78 is 6.30. The predicted octanol–water partition coefficient (Wildman–Crippen LogP) is 1.71. The minimum Gasteiger partial charge on any atom is -0.393 e. The molecule has 0 aliphatic heterocycles. The maximum Gasteiger partial charge on any atom is 0.108 e. The first-order chi connectivity index (χ1) is 7.05. The van der Waals surface area contributed by atoms with E-state index >= 15 is 0 Å². The Bertz CT molecular complexity index is 312. The molecule has 0 aromatic heterocycles. The summed E-state index contributed by atoms with van der Waals surface area (Å²) in [5, 5.41) is 18.3. The molecule has 1 aromatic rings. The van der Waals surface area contributed by atoms with Gasteiger partial charge in [0.2, 0.25) is 0 Å². The van der Waals surface area contributed by atoms with Crippen molar-refractivity contribution in [3.63, 3.8) is 0 Å². The van der Waals surface area contributed by atoms with Crippen LogP contribution >= 0.6 is 15.9 Å². The summed E-state index contributed by atoms with van der Waals surface area (Å²) in [6, 6.07) is 7.73. The Balaban J connectivity index is 2.42. The topological polar surface area (TPSA) is 49.7 Å². The van der Waals surface area contributed by atoms with E-state index in [0.29, 0.717) is 6.61 Å². The van der Waals surface area contributed by atoms with Gasteiger partial charge in [-0.2, -0.15) is 0 Å². The molecular formula is C11H15BrO3. The molecule has 1 rings (SSSR count). The SMILES string of the molecule is C[C@@](O)(CO)COCc1ccccc1Br. The smallest absolute Gasteiger partial charge is 0.108 e. The molecule has 0 amide bonds. The van der Waals surface area contributed by atoms with Crippen molar-refractivity contribution in [1.29, 1.82) is 0 Å². The average Bonchev–Trinajstić information content (AvgIpc) is 2.21. The predicted molar refractivity (Wildman–Crippen MR) is 61.5 cm³/mol. The van der Waals surface area contributed by atoms with Crippen LogP contribution in [-0.4, -0.2) is 29.0 Å². The van der Waals surface area contributed by atoms with Gasteiger partial charge in [0.25, 0.3) is 0 Å². The van der Waals surface area contributed by atoms with Crippen LogP contribution in [0, 0.1) is 0 Å². The summed E-state index contributed by atoms with van der Waals surface area (Å²) in [6.07, 6.45) is 0. The third kappa shape index (κ3) is 4.30. The second-order valence-corrected chi connectivity index (χ2v) is 4.59. The minimum absolute atomic E-state index is 0.116. The Morgan fingerprint density at radius 2 is 2.07 bits per heavy atom. The molecule has 0 spiro atoms. The maximum absolute atomic E-state index is 9.48. The molecule has 0 aliphatic rings. The lowest BCUT2D eigenvalue weighted by atomic mass is 10.1. The number of aliphatic hydroxyl groups is 2. The lowest BCUT2D eigenvalue weighted by Crippen LogP contribution is -2.34. The molecular weight excluding hydrogens is 260 g/mol. The highest BCUT2D eigenvalue weighted by Crippen LogP contribution is 2.17. The van der Waals surface area contributed by atoms with E-state index in [2.05, 4.69) is 15.9 Å². The Morgan fingerprint density at radius 3 is 2.67 bits per heavy atom. The van der Waals surface area contributed by atoms with Crippen LogP contribution in [0.4, 0.5) is 0 Å². The number of halogens is 1. The number of ether oxygens (including phenoxy) is 1. The summed E-state index contributed by atoms with van der Waals surface area (Å²) in [5.74, 6) is 0. The number of benzene rings is 1. The Kier molecular flexibility index (Phi) is 4.73. The fraction of sp³-hybridized carbons (Fsp3) is 0.455. The zero-order valence-electron chi connectivity index (χ0n) is 8.61. The number of rotatable bonds is 5. The van der Waals surface area contributed by atoms with E-state index in [1.54, 1.807) is 0 Å². The van der Waals surface area contributed by atoms with Crippen molar-refractivity contribution in [3.05, 3.63) is 34.3 Å². The summed E-state index contributed by atoms with van der Waals surface area (Å²) in [6.45, 7) is 1.76. The maximum atomic E-state index is 9.48. The number of hydrogen-bond acceptors (Lipinski definition) is 3. The van der Waals surface area contributed by atoms with Gasteiger partial charge in [0.15, 0.2) is 0 Å². The molecule has 1 aromatic carbocycles. The van der Waals surface area contributed by atoms with E-state index in [0.717, 1.165) is 10.0 Å². The van der Waals surface area contributed by atoms with Crippen molar-refractivity contribution in [3.8, 4) is 0 Å². The highest BCUT2D eigenvalue weighted by Gasteiger charge is 2.18. The normalized spacial score (nSPS) is 14.9. The van der Waals surface area contributed by atoms with Crippen molar-refractivity contribution in [1.82, 2.24) is 0 Å². The zero-order valence-corrected chi connectivity index (χ0v) is 10.2. The quantitative estimate of drug-likeness (QED) is 0.860. The summed E-state index contributed by atoms with van der Waals surface area (Å²) in [4.78, 5) is 0. The molecule has 4 heteroatoms. The van der Waals surface area contributed by atoms with Crippen LogP contribution in [0.2, 0.25) is 0 Å². The summed E-state index contributed by atoms with van der Waals surface area (Å²) in [5.41, 5.74) is -0.146. The van der Waals surface area contributed by atoms with E-state index in [1.807, 2.05) is 24.3 Å². The fourth-order valence-corrected chi connectivity index (χ4v) is 1.44. The third-order valence-corrected chi connectivity index (χ3v) is 2.74. The van der Waals surface area contributed by atoms with E-state index in [4.69, 9.17) is 9.84 Å². The van der Waals surface area contributed by atoms with Gasteiger partial charge < -0.3 is 14.9 Å². The van der Waals surface area contributed by atoms with Crippen molar-refractivity contribution in [2.45, 2.75) is 19.1 Å². The van der Waals surface area contributed by atoms with Gasteiger partial charge >= 0.3 is 0 Å². The van der Waals surface area contributed by atoms with Gasteiger partial charge in [0, 0.05) is 4.47 Å². The fourth-order valence-electron chi connectivity index (χ4n) is 1.04. The molecule has 84 valence electrons. The van der Waals surface area contributed by atoms with Crippen molar-refractivity contribution in [2.24, 2.45) is 0 Å². The number of aliphatic hydroxyl groups excluding tert-OH is 1. The molecule has 0 saturated carbocycles. The average molecular weight is 275 g/mol. The summed E-state index contributed by atoms with van der Waals surface area (Å²) >= 11 is 3.40.